The van der Waals surface area contributed by atoms with Crippen molar-refractivity contribution in [3.63, 3.8) is 0 Å². The van der Waals surface area contributed by atoms with Gasteiger partial charge >= 0.3 is 5.97 Å². The molecule has 9 heteroatoms. The maximum Gasteiger partial charge on any atom is 0.310 e. The molecule has 2 amide bonds. The number of fused-ring (bicyclic) bond motifs is 1. The lowest BCUT2D eigenvalue weighted by Gasteiger charge is -2.39. The molecule has 190 valence electrons. The van der Waals surface area contributed by atoms with Gasteiger partial charge in [-0.25, -0.2) is 0 Å². The first kappa shape index (κ1) is 27.3. The van der Waals surface area contributed by atoms with E-state index in [9.17, 15) is 19.5 Å². The second-order valence-electron chi connectivity index (χ2n) is 9.33. The van der Waals surface area contributed by atoms with Gasteiger partial charge < -0.3 is 19.6 Å². The zero-order valence-electron chi connectivity index (χ0n) is 20.2. The molecule has 3 fully saturated rings. The van der Waals surface area contributed by atoms with E-state index < -0.39 is 28.7 Å². The number of alkyl halides is 1. The molecule has 1 N–H and O–H groups in total. The molecular formula is C25H37BrN2O5S. The number of carbonyl (C=O) groups is 3. The minimum absolute atomic E-state index is 0.00791. The Morgan fingerprint density at radius 3 is 2.71 bits per heavy atom. The number of aliphatic hydroxyl groups is 1. The van der Waals surface area contributed by atoms with Crippen molar-refractivity contribution in [3.8, 4) is 0 Å². The molecule has 0 aromatic carbocycles. The number of aliphatic hydroxyl groups excluding tert-OH is 1. The molecule has 3 aliphatic rings. The molecule has 34 heavy (non-hydrogen) atoms. The van der Waals surface area contributed by atoms with Crippen molar-refractivity contribution in [2.75, 3.05) is 26.3 Å². The first-order valence-corrected chi connectivity index (χ1v) is 14.0. The van der Waals surface area contributed by atoms with E-state index in [0.717, 1.165) is 12.8 Å². The van der Waals surface area contributed by atoms with Gasteiger partial charge in [-0.1, -0.05) is 48.4 Å². The first-order valence-electron chi connectivity index (χ1n) is 12.2. The average molecular weight is 558 g/mol. The van der Waals surface area contributed by atoms with Crippen LogP contribution in [0.5, 0.6) is 0 Å². The number of halogens is 1. The number of thioether (sulfide) groups is 1. The highest BCUT2D eigenvalue weighted by atomic mass is 79.9. The van der Waals surface area contributed by atoms with Crippen LogP contribution >= 0.6 is 27.7 Å². The Hall–Kier alpha value is -1.32. The van der Waals surface area contributed by atoms with E-state index in [-0.39, 0.29) is 41.1 Å². The smallest absolute Gasteiger partial charge is 0.310 e. The summed E-state index contributed by atoms with van der Waals surface area (Å²) in [5.74, 6) is -1.99. The van der Waals surface area contributed by atoms with E-state index in [4.69, 9.17) is 4.74 Å². The summed E-state index contributed by atoms with van der Waals surface area (Å²) in [6.07, 6.45) is 6.86. The van der Waals surface area contributed by atoms with Crippen LogP contribution in [0.2, 0.25) is 0 Å². The van der Waals surface area contributed by atoms with Crippen molar-refractivity contribution in [1.29, 1.82) is 0 Å². The Labute approximate surface area is 215 Å². The van der Waals surface area contributed by atoms with Crippen LogP contribution in [0.15, 0.2) is 25.3 Å². The van der Waals surface area contributed by atoms with Crippen LogP contribution in [0.3, 0.4) is 0 Å². The molecule has 7 atom stereocenters. The topological polar surface area (TPSA) is 87.2 Å². The van der Waals surface area contributed by atoms with E-state index in [1.54, 1.807) is 33.7 Å². The molecule has 3 saturated heterocycles. The highest BCUT2D eigenvalue weighted by Gasteiger charge is 2.76. The Bertz CT molecular complexity index is 806. The van der Waals surface area contributed by atoms with Gasteiger partial charge in [0.15, 0.2) is 0 Å². The summed E-state index contributed by atoms with van der Waals surface area (Å²) >= 11 is 5.34. The summed E-state index contributed by atoms with van der Waals surface area (Å²) < 4.78 is 4.80. The van der Waals surface area contributed by atoms with E-state index in [0.29, 0.717) is 32.4 Å². The number of hydrogen-bond donors (Lipinski definition) is 1. The summed E-state index contributed by atoms with van der Waals surface area (Å²) in [6, 6.07) is -1.22. The fraction of sp³-hybridized carbons (Fsp3) is 0.720. The predicted molar refractivity (Wildman–Crippen MR) is 138 cm³/mol. The number of carbonyl (C=O) groups excluding carboxylic acids is 3. The lowest BCUT2D eigenvalue weighted by molar-refractivity contribution is -0.154. The minimum atomic E-state index is -0.736. The monoisotopic (exact) mass is 556 g/mol. The van der Waals surface area contributed by atoms with Crippen molar-refractivity contribution in [3.05, 3.63) is 25.3 Å². The normalized spacial score (nSPS) is 32.4. The van der Waals surface area contributed by atoms with Crippen LogP contribution < -0.4 is 0 Å². The molecule has 2 bridgehead atoms. The van der Waals surface area contributed by atoms with Gasteiger partial charge in [-0.3, -0.25) is 14.4 Å². The van der Waals surface area contributed by atoms with Gasteiger partial charge in [0, 0.05) is 23.2 Å². The van der Waals surface area contributed by atoms with Crippen molar-refractivity contribution >= 4 is 45.5 Å². The molecular weight excluding hydrogens is 520 g/mol. The molecule has 0 saturated carbocycles. The van der Waals surface area contributed by atoms with Gasteiger partial charge in [0.1, 0.15) is 6.04 Å². The third-order valence-electron chi connectivity index (χ3n) is 7.32. The number of ether oxygens (including phenoxy) is 1. The standard InChI is InChI=1S/C25H37BrN2O5S/c1-5-9-12-27(11-7-3)23(31)21-25-14-17(26)20(34-25)18(24(32)33-13-10-6-2)19(25)22(30)28(21)16(8-4)15-29/h6-7,16-21,29H,2-3,5,8-15H2,1,4H3/t16-,17?,18+,19-,20+,21?,25?/m0/s1. The van der Waals surface area contributed by atoms with Gasteiger partial charge in [-0.2, -0.15) is 0 Å². The van der Waals surface area contributed by atoms with Gasteiger partial charge in [-0.15, -0.1) is 24.9 Å². The number of likely N-dealkylation sites (tertiary alicyclic amines) is 1. The number of rotatable bonds is 13. The van der Waals surface area contributed by atoms with E-state index in [1.807, 2.05) is 6.92 Å². The van der Waals surface area contributed by atoms with Crippen LogP contribution in [0, 0.1) is 11.8 Å². The second kappa shape index (κ2) is 11.6. The van der Waals surface area contributed by atoms with Crippen molar-refractivity contribution in [2.45, 2.75) is 72.9 Å². The van der Waals surface area contributed by atoms with Crippen LogP contribution in [-0.4, -0.2) is 85.9 Å². The molecule has 0 aromatic rings. The first-order chi connectivity index (χ1) is 16.3. The van der Waals surface area contributed by atoms with E-state index >= 15 is 0 Å². The second-order valence-corrected chi connectivity index (χ2v) is 12.0. The summed E-state index contributed by atoms with van der Waals surface area (Å²) in [4.78, 5) is 44.6. The zero-order chi connectivity index (χ0) is 25.0. The fourth-order valence-electron chi connectivity index (χ4n) is 5.73. The highest BCUT2D eigenvalue weighted by Crippen LogP contribution is 2.68. The summed E-state index contributed by atoms with van der Waals surface area (Å²) in [6.45, 7) is 12.4. The van der Waals surface area contributed by atoms with Crippen LogP contribution in [0.4, 0.5) is 0 Å². The Kier molecular flexibility index (Phi) is 9.31. The quantitative estimate of drug-likeness (QED) is 0.162. The number of nitrogens with zero attached hydrogens (tertiary/aromatic N) is 2. The summed E-state index contributed by atoms with van der Waals surface area (Å²) in [7, 11) is 0. The van der Waals surface area contributed by atoms with E-state index in [2.05, 4.69) is 36.0 Å². The Balaban J connectivity index is 2.04. The van der Waals surface area contributed by atoms with Gasteiger partial charge in [0.05, 0.1) is 35.8 Å². The average Bonchev–Trinajstić information content (AvgIpc) is 3.41. The fourth-order valence-corrected chi connectivity index (χ4v) is 9.31. The maximum absolute atomic E-state index is 14.1. The zero-order valence-corrected chi connectivity index (χ0v) is 22.6. The Morgan fingerprint density at radius 1 is 1.38 bits per heavy atom. The lowest BCUT2D eigenvalue weighted by atomic mass is 9.71. The number of esters is 1. The molecule has 1 spiro atoms. The van der Waals surface area contributed by atoms with Gasteiger partial charge in [0.25, 0.3) is 0 Å². The SMILES string of the molecule is C=CCCOC(=O)[C@H]1[C@@H]2SC3(CC2Br)C(C(=O)N(CC=C)CCCC)N([C@@H](CC)CO)C(=O)[C@H]13. The van der Waals surface area contributed by atoms with Crippen molar-refractivity contribution in [1.82, 2.24) is 9.80 Å². The number of unbranched alkanes of at least 4 members (excludes halogenated alkanes) is 1. The lowest BCUT2D eigenvalue weighted by Crippen LogP contribution is -2.57. The van der Waals surface area contributed by atoms with Crippen LogP contribution in [0.1, 0.15) is 46.0 Å². The van der Waals surface area contributed by atoms with Crippen LogP contribution in [0.25, 0.3) is 0 Å². The Morgan fingerprint density at radius 2 is 2.12 bits per heavy atom. The predicted octanol–water partition coefficient (Wildman–Crippen LogP) is 3.16. The van der Waals surface area contributed by atoms with Crippen molar-refractivity contribution < 1.29 is 24.2 Å². The summed E-state index contributed by atoms with van der Waals surface area (Å²) in [5, 5.41) is 10.00. The molecule has 0 aromatic heterocycles. The third kappa shape index (κ3) is 4.60. The molecule has 0 aliphatic carbocycles. The molecule has 3 aliphatic heterocycles. The third-order valence-corrected chi connectivity index (χ3v) is 10.5. The largest absolute Gasteiger partial charge is 0.465 e. The van der Waals surface area contributed by atoms with Gasteiger partial charge in [0.2, 0.25) is 11.8 Å². The molecule has 7 nitrogen and oxygen atoms in total. The minimum Gasteiger partial charge on any atom is -0.465 e. The highest BCUT2D eigenvalue weighted by molar-refractivity contribution is 9.09. The number of hydrogen-bond acceptors (Lipinski definition) is 6. The molecule has 0 radical (unpaired) electrons. The maximum atomic E-state index is 14.1. The van der Waals surface area contributed by atoms with Crippen molar-refractivity contribution in [2.24, 2.45) is 11.8 Å². The molecule has 3 unspecified atom stereocenters. The van der Waals surface area contributed by atoms with Crippen LogP contribution in [-0.2, 0) is 19.1 Å². The molecule has 3 rings (SSSR count). The number of amides is 2. The van der Waals surface area contributed by atoms with Gasteiger partial charge in [-0.05, 0) is 25.7 Å². The molecule has 3 heterocycles. The summed E-state index contributed by atoms with van der Waals surface area (Å²) in [5.41, 5.74) is 0. The van der Waals surface area contributed by atoms with E-state index in [1.165, 1.54) is 0 Å².